The molecule has 1 aromatic carbocycles. The summed E-state index contributed by atoms with van der Waals surface area (Å²) < 4.78 is 12.1. The minimum atomic E-state index is -1.07. The number of benzene rings is 1. The molecule has 1 amide bonds. The van der Waals surface area contributed by atoms with E-state index in [1.807, 2.05) is 18.4 Å². The van der Waals surface area contributed by atoms with Gasteiger partial charge in [0.1, 0.15) is 11.5 Å². The first-order valence-electron chi connectivity index (χ1n) is 8.24. The topological polar surface area (TPSA) is 107 Å². The fraction of sp³-hybridized carbons (Fsp3) is 0.211. The molecule has 2 aromatic heterocycles. The summed E-state index contributed by atoms with van der Waals surface area (Å²) in [6, 6.07) is 10.1. The molecule has 0 bridgehead atoms. The fourth-order valence-electron chi connectivity index (χ4n) is 2.81. The predicted octanol–water partition coefficient (Wildman–Crippen LogP) is 3.11. The Hall–Kier alpha value is -3.55. The number of aromatic nitrogens is 2. The van der Waals surface area contributed by atoms with Crippen LogP contribution in [0.4, 0.5) is 5.69 Å². The highest BCUT2D eigenvalue weighted by molar-refractivity contribution is 6.05. The zero-order chi connectivity index (χ0) is 19.6. The summed E-state index contributed by atoms with van der Waals surface area (Å²) in [5.41, 5.74) is 2.59. The molecule has 8 nitrogen and oxygen atoms in total. The summed E-state index contributed by atoms with van der Waals surface area (Å²) in [5, 5.41) is 15.5. The summed E-state index contributed by atoms with van der Waals surface area (Å²) in [6.45, 7) is 5.07. The minimum Gasteiger partial charge on any atom is -0.482 e. The Balaban J connectivity index is 1.81. The number of carboxylic acid groups (broad SMARTS) is 1. The van der Waals surface area contributed by atoms with Gasteiger partial charge in [0.15, 0.2) is 12.4 Å². The number of anilines is 1. The molecule has 2 heterocycles. The van der Waals surface area contributed by atoms with E-state index in [1.165, 1.54) is 0 Å². The molecule has 0 fully saturated rings. The van der Waals surface area contributed by atoms with Crippen molar-refractivity contribution < 1.29 is 24.0 Å². The maximum atomic E-state index is 12.7. The van der Waals surface area contributed by atoms with Crippen LogP contribution < -0.4 is 10.1 Å². The Morgan fingerprint density at radius 3 is 2.67 bits per heavy atom. The molecule has 0 saturated heterocycles. The Labute approximate surface area is 155 Å². The van der Waals surface area contributed by atoms with Crippen molar-refractivity contribution in [3.8, 4) is 11.6 Å². The highest BCUT2D eigenvalue weighted by Crippen LogP contribution is 2.23. The van der Waals surface area contributed by atoms with E-state index in [1.54, 1.807) is 43.3 Å². The monoisotopic (exact) mass is 369 g/mol. The number of rotatable bonds is 6. The summed E-state index contributed by atoms with van der Waals surface area (Å²) in [6.07, 6.45) is 0. The molecule has 0 unspecified atom stereocenters. The molecule has 0 atom stereocenters. The normalized spacial score (nSPS) is 10.6. The Morgan fingerprint density at radius 1 is 1.22 bits per heavy atom. The van der Waals surface area contributed by atoms with E-state index in [2.05, 4.69) is 10.5 Å². The molecular weight excluding hydrogens is 350 g/mol. The molecule has 27 heavy (non-hydrogen) atoms. The van der Waals surface area contributed by atoms with Crippen LogP contribution in [0.25, 0.3) is 5.82 Å². The lowest BCUT2D eigenvalue weighted by molar-refractivity contribution is -0.139. The summed E-state index contributed by atoms with van der Waals surface area (Å²) in [5.74, 6) is 0.302. The number of aliphatic carboxylic acids is 1. The van der Waals surface area contributed by atoms with Gasteiger partial charge in [0.05, 0.1) is 5.56 Å². The molecular formula is C19H19N3O5. The number of carbonyl (C=O) groups is 2. The van der Waals surface area contributed by atoms with Crippen LogP contribution in [0.1, 0.15) is 27.5 Å². The Kier molecular flexibility index (Phi) is 4.98. The number of carbonyl (C=O) groups excluding carboxylic acids is 1. The van der Waals surface area contributed by atoms with E-state index < -0.39 is 12.6 Å². The van der Waals surface area contributed by atoms with Gasteiger partial charge in [0.25, 0.3) is 5.91 Å². The van der Waals surface area contributed by atoms with E-state index in [0.29, 0.717) is 28.6 Å². The smallest absolute Gasteiger partial charge is 0.341 e. The lowest BCUT2D eigenvalue weighted by Crippen LogP contribution is -2.13. The van der Waals surface area contributed by atoms with Gasteiger partial charge in [-0.1, -0.05) is 11.2 Å². The van der Waals surface area contributed by atoms with E-state index in [0.717, 1.165) is 11.4 Å². The van der Waals surface area contributed by atoms with Crippen molar-refractivity contribution in [2.24, 2.45) is 0 Å². The summed E-state index contributed by atoms with van der Waals surface area (Å²) >= 11 is 0. The molecule has 140 valence electrons. The average molecular weight is 369 g/mol. The number of ether oxygens (including phenoxy) is 1. The van der Waals surface area contributed by atoms with Gasteiger partial charge < -0.3 is 19.7 Å². The SMILES string of the molecule is Cc1cc(-n2c(C)cc(C(=O)Nc3cccc(OCC(=O)O)c3)c2C)no1. The van der Waals surface area contributed by atoms with E-state index in [9.17, 15) is 9.59 Å². The van der Waals surface area contributed by atoms with Crippen molar-refractivity contribution in [2.75, 3.05) is 11.9 Å². The van der Waals surface area contributed by atoms with Crippen LogP contribution in [0.15, 0.2) is 40.9 Å². The maximum absolute atomic E-state index is 12.7. The van der Waals surface area contributed by atoms with Gasteiger partial charge in [-0.2, -0.15) is 0 Å². The number of hydrogen-bond acceptors (Lipinski definition) is 5. The number of nitrogens with zero attached hydrogens (tertiary/aromatic N) is 2. The standard InChI is InChI=1S/C19H19N3O5/c1-11-7-16(13(3)22(11)17-8-12(2)27-21-17)19(25)20-14-5-4-6-15(9-14)26-10-18(23)24/h4-9H,10H2,1-3H3,(H,20,25)(H,23,24). The van der Waals surface area contributed by atoms with E-state index in [-0.39, 0.29) is 5.91 Å². The zero-order valence-electron chi connectivity index (χ0n) is 15.1. The Bertz CT molecular complexity index is 1000. The Morgan fingerprint density at radius 2 is 2.00 bits per heavy atom. The van der Waals surface area contributed by atoms with Crippen LogP contribution in [0.3, 0.4) is 0 Å². The van der Waals surface area contributed by atoms with Gasteiger partial charge in [0, 0.05) is 29.2 Å². The zero-order valence-corrected chi connectivity index (χ0v) is 15.1. The van der Waals surface area contributed by atoms with Crippen molar-refractivity contribution in [3.63, 3.8) is 0 Å². The van der Waals surface area contributed by atoms with Crippen molar-refractivity contribution in [1.29, 1.82) is 0 Å². The van der Waals surface area contributed by atoms with Crippen molar-refractivity contribution in [2.45, 2.75) is 20.8 Å². The van der Waals surface area contributed by atoms with Gasteiger partial charge >= 0.3 is 5.97 Å². The molecule has 0 radical (unpaired) electrons. The van der Waals surface area contributed by atoms with Gasteiger partial charge in [0.2, 0.25) is 0 Å². The number of aryl methyl sites for hydroxylation is 2. The number of hydrogen-bond donors (Lipinski definition) is 2. The lowest BCUT2D eigenvalue weighted by atomic mass is 10.2. The third kappa shape index (κ3) is 4.00. The predicted molar refractivity (Wildman–Crippen MR) is 97.6 cm³/mol. The first kappa shape index (κ1) is 18.2. The molecule has 8 heteroatoms. The van der Waals surface area contributed by atoms with Crippen LogP contribution in [0.2, 0.25) is 0 Å². The highest BCUT2D eigenvalue weighted by Gasteiger charge is 2.18. The largest absolute Gasteiger partial charge is 0.482 e. The van der Waals surface area contributed by atoms with Gasteiger partial charge in [-0.05, 0) is 39.0 Å². The van der Waals surface area contributed by atoms with Crippen molar-refractivity contribution in [3.05, 3.63) is 59.1 Å². The molecule has 0 spiro atoms. The average Bonchev–Trinajstić information content (AvgIpc) is 3.16. The third-order valence-corrected chi connectivity index (χ3v) is 3.97. The minimum absolute atomic E-state index is 0.287. The van der Waals surface area contributed by atoms with Gasteiger partial charge in [-0.25, -0.2) is 4.79 Å². The fourth-order valence-corrected chi connectivity index (χ4v) is 2.81. The molecule has 0 aliphatic heterocycles. The van der Waals surface area contributed by atoms with Crippen molar-refractivity contribution >= 4 is 17.6 Å². The molecule has 3 aromatic rings. The van der Waals surface area contributed by atoms with Crippen molar-refractivity contribution in [1.82, 2.24) is 9.72 Å². The second kappa shape index (κ2) is 7.36. The lowest BCUT2D eigenvalue weighted by Gasteiger charge is -2.08. The number of nitrogens with one attached hydrogen (secondary N) is 1. The molecule has 0 aliphatic carbocycles. The maximum Gasteiger partial charge on any atom is 0.341 e. The van der Waals surface area contributed by atoms with E-state index >= 15 is 0 Å². The van der Waals surface area contributed by atoms with E-state index in [4.69, 9.17) is 14.4 Å². The van der Waals surface area contributed by atoms with Crippen LogP contribution in [-0.4, -0.2) is 33.3 Å². The summed E-state index contributed by atoms with van der Waals surface area (Å²) in [4.78, 5) is 23.3. The highest BCUT2D eigenvalue weighted by atomic mass is 16.5. The molecule has 0 saturated carbocycles. The molecule has 3 rings (SSSR count). The van der Waals surface area contributed by atoms with Gasteiger partial charge in [-0.15, -0.1) is 0 Å². The second-order valence-corrected chi connectivity index (χ2v) is 6.08. The van der Waals surface area contributed by atoms with Crippen LogP contribution in [0, 0.1) is 20.8 Å². The third-order valence-electron chi connectivity index (χ3n) is 3.97. The number of amides is 1. The van der Waals surface area contributed by atoms with Crippen LogP contribution in [0.5, 0.6) is 5.75 Å². The molecule has 2 N–H and O–H groups in total. The van der Waals surface area contributed by atoms with Crippen LogP contribution >= 0.6 is 0 Å². The van der Waals surface area contributed by atoms with Crippen LogP contribution in [-0.2, 0) is 4.79 Å². The molecule has 0 aliphatic rings. The summed E-state index contributed by atoms with van der Waals surface area (Å²) in [7, 11) is 0. The second-order valence-electron chi connectivity index (χ2n) is 6.08. The quantitative estimate of drug-likeness (QED) is 0.691. The first-order valence-corrected chi connectivity index (χ1v) is 8.24. The van der Waals surface area contributed by atoms with Gasteiger partial charge in [-0.3, -0.25) is 9.36 Å². The first-order chi connectivity index (χ1) is 12.8. The number of carboxylic acids is 1.